The van der Waals surface area contributed by atoms with Gasteiger partial charge in [0.2, 0.25) is 0 Å². The largest absolute Gasteiger partial charge is 0.496 e. The maximum Gasteiger partial charge on any atom is 0.128 e. The fourth-order valence-electron chi connectivity index (χ4n) is 5.88. The van der Waals surface area contributed by atoms with Crippen molar-refractivity contribution in [2.75, 3.05) is 14.2 Å². The highest BCUT2D eigenvalue weighted by Crippen LogP contribution is 2.40. The number of hydrogen-bond acceptors (Lipinski definition) is 3. The summed E-state index contributed by atoms with van der Waals surface area (Å²) in [6, 6.07) is 46.7. The van der Waals surface area contributed by atoms with E-state index in [4.69, 9.17) is 14.5 Å². The van der Waals surface area contributed by atoms with Crippen LogP contribution in [0.15, 0.2) is 140 Å². The molecule has 0 N–H and O–H groups in total. The number of aromatic nitrogens is 1. The minimum absolute atomic E-state index is 0.778. The third-order valence-electron chi connectivity index (χ3n) is 7.95. The van der Waals surface area contributed by atoms with E-state index in [2.05, 4.69) is 115 Å². The maximum absolute atomic E-state index is 5.84. The van der Waals surface area contributed by atoms with Gasteiger partial charge < -0.3 is 9.47 Å². The lowest BCUT2D eigenvalue weighted by Gasteiger charge is -2.15. The zero-order valence-corrected chi connectivity index (χ0v) is 23.5. The molecule has 0 radical (unpaired) electrons. The van der Waals surface area contributed by atoms with Crippen LogP contribution in [0.2, 0.25) is 0 Å². The van der Waals surface area contributed by atoms with Crippen LogP contribution in [0.4, 0.5) is 0 Å². The van der Waals surface area contributed by atoms with Gasteiger partial charge in [-0.05, 0) is 85.8 Å². The van der Waals surface area contributed by atoms with Crippen LogP contribution in [0.5, 0.6) is 11.5 Å². The predicted octanol–water partition coefficient (Wildman–Crippen LogP) is 10.1. The van der Waals surface area contributed by atoms with Gasteiger partial charge in [-0.25, -0.2) is 0 Å². The minimum atomic E-state index is 0.778. The molecule has 0 unspecified atom stereocenters. The zero-order chi connectivity index (χ0) is 28.5. The van der Waals surface area contributed by atoms with Crippen molar-refractivity contribution < 1.29 is 9.47 Å². The first kappa shape index (κ1) is 25.6. The Hall–Kier alpha value is -5.41. The van der Waals surface area contributed by atoms with E-state index in [-0.39, 0.29) is 0 Å². The molecule has 0 amide bonds. The van der Waals surface area contributed by atoms with Crippen molar-refractivity contribution in [3.63, 3.8) is 0 Å². The molecule has 0 aliphatic heterocycles. The van der Waals surface area contributed by atoms with Crippen molar-refractivity contribution in [1.29, 1.82) is 0 Å². The molecule has 3 nitrogen and oxygen atoms in total. The van der Waals surface area contributed by atoms with Gasteiger partial charge in [0, 0.05) is 17.3 Å². The molecule has 3 heteroatoms. The summed E-state index contributed by atoms with van der Waals surface area (Å²) in [5, 5.41) is 4.87. The quantitative estimate of drug-likeness (QED) is 0.209. The third kappa shape index (κ3) is 4.55. The molecule has 0 saturated heterocycles. The molecule has 0 aliphatic carbocycles. The summed E-state index contributed by atoms with van der Waals surface area (Å²) in [6.45, 7) is 0. The summed E-state index contributed by atoms with van der Waals surface area (Å²) in [5.74, 6) is 1.59. The normalized spacial score (nSPS) is 11.1. The van der Waals surface area contributed by atoms with Crippen LogP contribution in [0, 0.1) is 0 Å². The lowest BCUT2D eigenvalue weighted by atomic mass is 9.93. The first-order valence-electron chi connectivity index (χ1n) is 14.0. The van der Waals surface area contributed by atoms with E-state index in [1.165, 1.54) is 32.7 Å². The molecule has 1 aromatic heterocycles. The molecule has 42 heavy (non-hydrogen) atoms. The summed E-state index contributed by atoms with van der Waals surface area (Å²) in [6.07, 6.45) is 1.86. The van der Waals surface area contributed by atoms with Crippen molar-refractivity contribution >= 4 is 21.5 Å². The number of ether oxygens (including phenoxy) is 2. The molecule has 6 aromatic carbocycles. The molecule has 0 atom stereocenters. The highest BCUT2D eigenvalue weighted by atomic mass is 16.5. The van der Waals surface area contributed by atoms with E-state index in [9.17, 15) is 0 Å². The predicted molar refractivity (Wildman–Crippen MR) is 174 cm³/mol. The van der Waals surface area contributed by atoms with Gasteiger partial charge in [-0.15, -0.1) is 0 Å². The maximum atomic E-state index is 5.84. The van der Waals surface area contributed by atoms with Crippen molar-refractivity contribution in [3.05, 3.63) is 140 Å². The summed E-state index contributed by atoms with van der Waals surface area (Å²) in [7, 11) is 3.42. The Balaban J connectivity index is 1.35. The Kier molecular flexibility index (Phi) is 6.61. The van der Waals surface area contributed by atoms with Crippen LogP contribution < -0.4 is 9.47 Å². The van der Waals surface area contributed by atoms with Gasteiger partial charge in [0.05, 0.1) is 19.9 Å². The topological polar surface area (TPSA) is 31.4 Å². The molecule has 0 bridgehead atoms. The molecule has 0 spiro atoms. The second kappa shape index (κ2) is 10.9. The number of rotatable bonds is 6. The molecule has 202 valence electrons. The van der Waals surface area contributed by atoms with Crippen LogP contribution >= 0.6 is 0 Å². The zero-order valence-electron chi connectivity index (χ0n) is 23.5. The fourth-order valence-corrected chi connectivity index (χ4v) is 5.88. The first-order valence-corrected chi connectivity index (χ1v) is 14.0. The molecule has 1 heterocycles. The van der Waals surface area contributed by atoms with E-state index in [0.29, 0.717) is 0 Å². The van der Waals surface area contributed by atoms with Gasteiger partial charge in [-0.2, -0.15) is 0 Å². The molecule has 0 aliphatic rings. The number of benzene rings is 6. The van der Waals surface area contributed by atoms with E-state index in [0.717, 1.165) is 45.0 Å². The summed E-state index contributed by atoms with van der Waals surface area (Å²) < 4.78 is 11.7. The highest BCUT2D eigenvalue weighted by Gasteiger charge is 2.15. The Bertz CT molecular complexity index is 1920. The fraction of sp³-hybridized carbons (Fsp3) is 0.0513. The van der Waals surface area contributed by atoms with Crippen LogP contribution in [0.1, 0.15) is 0 Å². The Labute approximate surface area is 245 Å². The number of methoxy groups -OCH3 is 2. The summed E-state index contributed by atoms with van der Waals surface area (Å²) >= 11 is 0. The Morgan fingerprint density at radius 1 is 0.429 bits per heavy atom. The number of nitrogens with zero attached hydrogens (tertiary/aromatic N) is 1. The Morgan fingerprint density at radius 3 is 1.52 bits per heavy atom. The summed E-state index contributed by atoms with van der Waals surface area (Å²) in [5.41, 5.74) is 8.43. The number of hydrogen-bond donors (Lipinski definition) is 0. The van der Waals surface area contributed by atoms with Crippen molar-refractivity contribution in [1.82, 2.24) is 4.98 Å². The molecular weight excluding hydrogens is 514 g/mol. The van der Waals surface area contributed by atoms with Crippen molar-refractivity contribution in [3.8, 4) is 56.1 Å². The van der Waals surface area contributed by atoms with Gasteiger partial charge in [0.15, 0.2) is 0 Å². The van der Waals surface area contributed by atoms with Gasteiger partial charge in [-0.1, -0.05) is 97.1 Å². The highest BCUT2D eigenvalue weighted by molar-refractivity contribution is 5.99. The minimum Gasteiger partial charge on any atom is -0.496 e. The monoisotopic (exact) mass is 543 g/mol. The van der Waals surface area contributed by atoms with Crippen LogP contribution in [0.3, 0.4) is 0 Å². The molecular formula is C39H29NO2. The lowest BCUT2D eigenvalue weighted by Crippen LogP contribution is -1.94. The van der Waals surface area contributed by atoms with E-state index < -0.39 is 0 Å². The molecule has 0 fully saturated rings. The average Bonchev–Trinajstić information content (AvgIpc) is 3.07. The van der Waals surface area contributed by atoms with E-state index >= 15 is 0 Å². The van der Waals surface area contributed by atoms with Crippen LogP contribution in [0.25, 0.3) is 66.2 Å². The third-order valence-corrected chi connectivity index (χ3v) is 7.95. The summed E-state index contributed by atoms with van der Waals surface area (Å²) in [4.78, 5) is 4.80. The molecule has 0 saturated carbocycles. The van der Waals surface area contributed by atoms with Gasteiger partial charge >= 0.3 is 0 Å². The van der Waals surface area contributed by atoms with Crippen molar-refractivity contribution in [2.24, 2.45) is 0 Å². The Morgan fingerprint density at radius 2 is 0.929 bits per heavy atom. The van der Waals surface area contributed by atoms with Gasteiger partial charge in [-0.3, -0.25) is 4.98 Å². The van der Waals surface area contributed by atoms with E-state index in [1.54, 1.807) is 14.2 Å². The van der Waals surface area contributed by atoms with Crippen molar-refractivity contribution in [2.45, 2.75) is 0 Å². The SMILES string of the molecule is COc1ccc(-c2cccc3ccccc23)cc1-c1ccnc(-c2cc(-c3cccc4ccccc34)ccc2OC)c1. The second-order valence-electron chi connectivity index (χ2n) is 10.3. The van der Waals surface area contributed by atoms with Gasteiger partial charge in [0.25, 0.3) is 0 Å². The lowest BCUT2D eigenvalue weighted by molar-refractivity contribution is 0.416. The second-order valence-corrected chi connectivity index (χ2v) is 10.3. The number of pyridine rings is 1. The standard InChI is InChI=1S/C39H29NO2/c1-41-38-19-17-28(33-15-7-11-26-9-3-5-13-31(26)33)23-35(38)30-21-22-40-37(25-30)36-24-29(18-20-39(36)42-2)34-16-8-12-27-10-4-6-14-32(27)34/h3-25H,1-2H3. The van der Waals surface area contributed by atoms with Crippen LogP contribution in [-0.2, 0) is 0 Å². The molecule has 7 aromatic rings. The first-order chi connectivity index (χ1) is 20.7. The van der Waals surface area contributed by atoms with Crippen LogP contribution in [-0.4, -0.2) is 19.2 Å². The average molecular weight is 544 g/mol. The smallest absolute Gasteiger partial charge is 0.128 e. The molecule has 7 rings (SSSR count). The van der Waals surface area contributed by atoms with Gasteiger partial charge in [0.1, 0.15) is 11.5 Å². The number of fused-ring (bicyclic) bond motifs is 2. The van der Waals surface area contributed by atoms with E-state index in [1.807, 2.05) is 24.4 Å².